The van der Waals surface area contributed by atoms with Crippen molar-refractivity contribution in [3.8, 4) is 5.75 Å². The summed E-state index contributed by atoms with van der Waals surface area (Å²) < 4.78 is 10.1. The third kappa shape index (κ3) is 8.40. The number of hydrogen-bond acceptors (Lipinski definition) is 6. The average molecular weight is 494 g/mol. The largest absolute Gasteiger partial charge is 0.482 e. The lowest BCUT2D eigenvalue weighted by Gasteiger charge is -2.20. The molecule has 176 valence electrons. The number of amides is 2. The first-order valence-electron chi connectivity index (χ1n) is 10.2. The predicted molar refractivity (Wildman–Crippen MR) is 127 cm³/mol. The third-order valence-corrected chi connectivity index (χ3v) is 5.09. The number of rotatable bonds is 10. The summed E-state index contributed by atoms with van der Waals surface area (Å²) in [5.74, 6) is -1.07. The van der Waals surface area contributed by atoms with Gasteiger partial charge in [0.1, 0.15) is 11.8 Å². The van der Waals surface area contributed by atoms with Crippen molar-refractivity contribution in [3.63, 3.8) is 0 Å². The molecular weight excluding hydrogens is 469 g/mol. The second kappa shape index (κ2) is 12.8. The molecule has 0 radical (unpaired) electrons. The fourth-order valence-electron chi connectivity index (χ4n) is 2.63. The molecule has 0 aromatic heterocycles. The molecule has 2 N–H and O–H groups in total. The van der Waals surface area contributed by atoms with Crippen molar-refractivity contribution < 1.29 is 23.9 Å². The molecule has 1 atom stereocenters. The lowest BCUT2D eigenvalue weighted by atomic mass is 10.0. The summed E-state index contributed by atoms with van der Waals surface area (Å²) in [7, 11) is 0. The van der Waals surface area contributed by atoms with Crippen LogP contribution in [0.1, 0.15) is 36.7 Å². The van der Waals surface area contributed by atoms with Gasteiger partial charge < -0.3 is 14.8 Å². The second-order valence-corrected chi connectivity index (χ2v) is 8.04. The third-order valence-electron chi connectivity index (χ3n) is 4.35. The summed E-state index contributed by atoms with van der Waals surface area (Å²) in [5, 5.41) is 7.22. The number of carbonyl (C=O) groups excluding carboxylic acids is 3. The van der Waals surface area contributed by atoms with Crippen LogP contribution in [-0.2, 0) is 14.3 Å². The minimum Gasteiger partial charge on any atom is -0.482 e. The summed E-state index contributed by atoms with van der Waals surface area (Å²) in [6, 6.07) is 10.4. The van der Waals surface area contributed by atoms with Crippen molar-refractivity contribution >= 4 is 47.2 Å². The van der Waals surface area contributed by atoms with Gasteiger partial charge in [0.25, 0.3) is 11.8 Å². The van der Waals surface area contributed by atoms with Crippen LogP contribution in [0.2, 0.25) is 10.0 Å². The van der Waals surface area contributed by atoms with Crippen molar-refractivity contribution in [2.75, 3.05) is 13.2 Å². The normalized spacial score (nSPS) is 11.8. The van der Waals surface area contributed by atoms with E-state index >= 15 is 0 Å². The number of benzene rings is 2. The van der Waals surface area contributed by atoms with Gasteiger partial charge in [0.15, 0.2) is 6.61 Å². The molecule has 1 unspecified atom stereocenters. The molecule has 33 heavy (non-hydrogen) atoms. The lowest BCUT2D eigenvalue weighted by Crippen LogP contribution is -2.48. The Morgan fingerprint density at radius 1 is 1.06 bits per heavy atom. The first-order chi connectivity index (χ1) is 15.7. The maximum Gasteiger partial charge on any atom is 0.344 e. The fourth-order valence-corrected chi connectivity index (χ4v) is 2.93. The summed E-state index contributed by atoms with van der Waals surface area (Å²) in [6.07, 6.45) is 1.45. The Morgan fingerprint density at radius 2 is 1.76 bits per heavy atom. The van der Waals surface area contributed by atoms with Crippen LogP contribution in [0.15, 0.2) is 47.6 Å². The first kappa shape index (κ1) is 26.2. The zero-order valence-electron chi connectivity index (χ0n) is 18.4. The molecule has 0 aliphatic rings. The molecule has 0 aliphatic heterocycles. The molecular formula is C23H25Cl2N3O5. The van der Waals surface area contributed by atoms with E-state index < -0.39 is 23.8 Å². The second-order valence-electron chi connectivity index (χ2n) is 7.22. The Labute approximate surface area is 202 Å². The van der Waals surface area contributed by atoms with Crippen LogP contribution in [0.5, 0.6) is 5.75 Å². The van der Waals surface area contributed by atoms with Crippen molar-refractivity contribution in [1.82, 2.24) is 10.7 Å². The molecule has 0 aliphatic carbocycles. The van der Waals surface area contributed by atoms with E-state index in [9.17, 15) is 14.4 Å². The number of halogens is 2. The van der Waals surface area contributed by atoms with E-state index in [0.717, 1.165) is 0 Å². The molecule has 0 spiro atoms. The maximum absolute atomic E-state index is 12.6. The van der Waals surface area contributed by atoms with Gasteiger partial charge in [0.2, 0.25) is 0 Å². The van der Waals surface area contributed by atoms with Gasteiger partial charge in [-0.3, -0.25) is 9.59 Å². The number of ether oxygens (including phenoxy) is 2. The van der Waals surface area contributed by atoms with Crippen LogP contribution in [0.4, 0.5) is 0 Å². The van der Waals surface area contributed by atoms with Crippen LogP contribution < -0.4 is 15.5 Å². The van der Waals surface area contributed by atoms with Crippen molar-refractivity contribution in [3.05, 3.63) is 63.6 Å². The standard InChI is InChI=1S/C23H25Cl2N3O5/c1-4-32-20(29)13-33-17-8-5-15(6-9-17)12-26-28-23(31)21(14(2)3)27-22(30)16-7-10-18(24)19(25)11-16/h5-12,14,21H,4,13H2,1-3H3,(H,27,30)(H,28,31)/b26-12+. The molecule has 0 saturated heterocycles. The van der Waals surface area contributed by atoms with E-state index in [1.54, 1.807) is 45.0 Å². The Balaban J connectivity index is 1.92. The fraction of sp³-hybridized carbons (Fsp3) is 0.304. The summed E-state index contributed by atoms with van der Waals surface area (Å²) in [4.78, 5) is 36.4. The average Bonchev–Trinajstić information content (AvgIpc) is 2.78. The van der Waals surface area contributed by atoms with E-state index in [2.05, 4.69) is 15.8 Å². The van der Waals surface area contributed by atoms with Crippen LogP contribution in [0.3, 0.4) is 0 Å². The zero-order valence-corrected chi connectivity index (χ0v) is 19.9. The summed E-state index contributed by atoms with van der Waals surface area (Å²) in [6.45, 7) is 5.44. The number of nitrogens with zero attached hydrogens (tertiary/aromatic N) is 1. The minimum atomic E-state index is -0.817. The molecule has 10 heteroatoms. The molecule has 0 saturated carbocycles. The molecule has 0 fully saturated rings. The Bertz CT molecular complexity index is 1010. The Hall–Kier alpha value is -3.10. The molecule has 0 heterocycles. The summed E-state index contributed by atoms with van der Waals surface area (Å²) >= 11 is 11.8. The van der Waals surface area contributed by atoms with Crippen LogP contribution >= 0.6 is 23.2 Å². The van der Waals surface area contributed by atoms with Gasteiger partial charge in [-0.15, -0.1) is 0 Å². The smallest absolute Gasteiger partial charge is 0.344 e. The van der Waals surface area contributed by atoms with E-state index in [-0.39, 0.29) is 23.1 Å². The molecule has 2 rings (SSSR count). The number of nitrogens with one attached hydrogen (secondary N) is 2. The van der Waals surface area contributed by atoms with Gasteiger partial charge in [-0.25, -0.2) is 10.2 Å². The van der Waals surface area contributed by atoms with Crippen LogP contribution in [0.25, 0.3) is 0 Å². The highest BCUT2D eigenvalue weighted by Crippen LogP contribution is 2.22. The molecule has 2 aromatic rings. The van der Waals surface area contributed by atoms with Gasteiger partial charge >= 0.3 is 5.97 Å². The number of hydrazone groups is 1. The van der Waals surface area contributed by atoms with Gasteiger partial charge in [-0.05, 0) is 60.9 Å². The van der Waals surface area contributed by atoms with E-state index in [4.69, 9.17) is 32.7 Å². The Kier molecular flexibility index (Phi) is 10.2. The number of hydrogen-bond donors (Lipinski definition) is 2. The Morgan fingerprint density at radius 3 is 2.36 bits per heavy atom. The maximum atomic E-state index is 12.6. The lowest BCUT2D eigenvalue weighted by molar-refractivity contribution is -0.145. The monoisotopic (exact) mass is 493 g/mol. The van der Waals surface area contributed by atoms with Gasteiger partial charge in [0.05, 0.1) is 22.9 Å². The van der Waals surface area contributed by atoms with E-state index in [0.29, 0.717) is 22.9 Å². The topological polar surface area (TPSA) is 106 Å². The van der Waals surface area contributed by atoms with E-state index in [1.165, 1.54) is 24.4 Å². The van der Waals surface area contributed by atoms with E-state index in [1.807, 2.05) is 0 Å². The molecule has 8 nitrogen and oxygen atoms in total. The SMILES string of the molecule is CCOC(=O)COc1ccc(/C=N/NC(=O)C(NC(=O)c2ccc(Cl)c(Cl)c2)C(C)C)cc1. The molecule has 2 aromatic carbocycles. The molecule has 2 amide bonds. The minimum absolute atomic E-state index is 0.179. The van der Waals surface area contributed by atoms with Crippen molar-refractivity contribution in [2.45, 2.75) is 26.8 Å². The quantitative estimate of drug-likeness (QED) is 0.297. The highest BCUT2D eigenvalue weighted by molar-refractivity contribution is 6.42. The van der Waals surface area contributed by atoms with Gasteiger partial charge in [-0.2, -0.15) is 5.10 Å². The number of esters is 1. The van der Waals surface area contributed by atoms with Crippen molar-refractivity contribution in [1.29, 1.82) is 0 Å². The highest BCUT2D eigenvalue weighted by atomic mass is 35.5. The van der Waals surface area contributed by atoms with Crippen LogP contribution in [0, 0.1) is 5.92 Å². The van der Waals surface area contributed by atoms with Gasteiger partial charge in [-0.1, -0.05) is 37.0 Å². The first-order valence-corrected chi connectivity index (χ1v) is 10.9. The predicted octanol–water partition coefficient (Wildman–Crippen LogP) is 3.84. The number of carbonyl (C=O) groups is 3. The highest BCUT2D eigenvalue weighted by Gasteiger charge is 2.24. The summed E-state index contributed by atoms with van der Waals surface area (Å²) in [5.41, 5.74) is 3.42. The molecule has 0 bridgehead atoms. The van der Waals surface area contributed by atoms with Crippen molar-refractivity contribution in [2.24, 2.45) is 11.0 Å². The van der Waals surface area contributed by atoms with Crippen LogP contribution in [-0.4, -0.2) is 43.3 Å². The van der Waals surface area contributed by atoms with Gasteiger partial charge in [0, 0.05) is 5.56 Å². The zero-order chi connectivity index (χ0) is 24.4.